The number of hydrogen-bond acceptors (Lipinski definition) is 4. The van der Waals surface area contributed by atoms with Crippen LogP contribution >= 0.6 is 26.6 Å². The molecular weight excluding hydrogens is 346 g/mol. The lowest BCUT2D eigenvalue weighted by Gasteiger charge is -2.14. The standard InChI is InChI=1S/C10H11BrClNO4S/c1-6(14)13-10-7(5-18(12,15)16)8(11)3-4-9(10)17-2/h3-4H,5H2,1-2H3,(H,13,14). The van der Waals surface area contributed by atoms with Crippen molar-refractivity contribution in [3.63, 3.8) is 0 Å². The summed E-state index contributed by atoms with van der Waals surface area (Å²) in [7, 11) is 2.92. The zero-order chi connectivity index (χ0) is 13.9. The van der Waals surface area contributed by atoms with Gasteiger partial charge < -0.3 is 10.1 Å². The number of benzene rings is 1. The van der Waals surface area contributed by atoms with Crippen LogP contribution in [0.25, 0.3) is 0 Å². The van der Waals surface area contributed by atoms with Crippen LogP contribution in [0.1, 0.15) is 12.5 Å². The van der Waals surface area contributed by atoms with E-state index < -0.39 is 14.8 Å². The first-order chi connectivity index (χ1) is 8.24. The SMILES string of the molecule is COc1ccc(Br)c(CS(=O)(=O)Cl)c1NC(C)=O. The van der Waals surface area contributed by atoms with E-state index in [9.17, 15) is 13.2 Å². The molecule has 8 heteroatoms. The van der Waals surface area contributed by atoms with Gasteiger partial charge in [0.05, 0.1) is 18.6 Å². The van der Waals surface area contributed by atoms with Crippen LogP contribution in [0.15, 0.2) is 16.6 Å². The maximum atomic E-state index is 11.2. The molecule has 0 unspecified atom stereocenters. The maximum absolute atomic E-state index is 11.2. The lowest BCUT2D eigenvalue weighted by atomic mass is 10.2. The summed E-state index contributed by atoms with van der Waals surface area (Å²) >= 11 is 3.22. The number of nitrogens with one attached hydrogen (secondary N) is 1. The van der Waals surface area contributed by atoms with E-state index in [1.807, 2.05) is 0 Å². The molecule has 1 rings (SSSR count). The van der Waals surface area contributed by atoms with E-state index >= 15 is 0 Å². The van der Waals surface area contributed by atoms with Crippen molar-refractivity contribution in [2.45, 2.75) is 12.7 Å². The van der Waals surface area contributed by atoms with Crippen molar-refractivity contribution in [2.75, 3.05) is 12.4 Å². The molecule has 1 aromatic rings. The van der Waals surface area contributed by atoms with Crippen molar-refractivity contribution in [1.29, 1.82) is 0 Å². The number of anilines is 1. The Bertz CT molecular complexity index is 573. The third-order valence-electron chi connectivity index (χ3n) is 2.06. The molecule has 0 aliphatic rings. The van der Waals surface area contributed by atoms with Crippen LogP contribution in [0.3, 0.4) is 0 Å². The van der Waals surface area contributed by atoms with Crippen molar-refractivity contribution in [3.05, 3.63) is 22.2 Å². The first kappa shape index (κ1) is 15.3. The van der Waals surface area contributed by atoms with Gasteiger partial charge in [0.25, 0.3) is 0 Å². The zero-order valence-electron chi connectivity index (χ0n) is 9.66. The minimum atomic E-state index is -3.75. The Morgan fingerprint density at radius 1 is 1.50 bits per heavy atom. The molecule has 0 heterocycles. The summed E-state index contributed by atoms with van der Waals surface area (Å²) in [4.78, 5) is 11.1. The van der Waals surface area contributed by atoms with E-state index in [1.165, 1.54) is 14.0 Å². The molecule has 1 N–H and O–H groups in total. The van der Waals surface area contributed by atoms with Crippen molar-refractivity contribution in [3.8, 4) is 5.75 Å². The summed E-state index contributed by atoms with van der Waals surface area (Å²) in [5.41, 5.74) is 0.642. The number of hydrogen-bond donors (Lipinski definition) is 1. The highest BCUT2D eigenvalue weighted by molar-refractivity contribution is 9.10. The second kappa shape index (κ2) is 5.90. The Morgan fingerprint density at radius 3 is 2.56 bits per heavy atom. The van der Waals surface area contributed by atoms with Crippen LogP contribution in [-0.2, 0) is 19.6 Å². The summed E-state index contributed by atoms with van der Waals surface area (Å²) in [6.07, 6.45) is 0. The Kier molecular flexibility index (Phi) is 5.01. The Balaban J connectivity index is 3.40. The molecule has 5 nitrogen and oxygen atoms in total. The highest BCUT2D eigenvalue weighted by Crippen LogP contribution is 2.35. The summed E-state index contributed by atoms with van der Waals surface area (Å²) in [6, 6.07) is 3.24. The fourth-order valence-corrected chi connectivity index (χ4v) is 3.03. The van der Waals surface area contributed by atoms with Crippen LogP contribution in [0.4, 0.5) is 5.69 Å². The first-order valence-electron chi connectivity index (χ1n) is 4.80. The first-order valence-corrected chi connectivity index (χ1v) is 8.07. The van der Waals surface area contributed by atoms with Gasteiger partial charge >= 0.3 is 0 Å². The lowest BCUT2D eigenvalue weighted by Crippen LogP contribution is -2.11. The quantitative estimate of drug-likeness (QED) is 0.841. The molecule has 100 valence electrons. The highest BCUT2D eigenvalue weighted by Gasteiger charge is 2.19. The van der Waals surface area contributed by atoms with E-state index in [0.717, 1.165) is 0 Å². The van der Waals surface area contributed by atoms with Crippen molar-refractivity contribution in [1.82, 2.24) is 0 Å². The number of rotatable bonds is 4. The molecule has 1 amide bonds. The second-order valence-corrected chi connectivity index (χ2v) is 7.10. The van der Waals surface area contributed by atoms with Crippen LogP contribution in [0.5, 0.6) is 5.75 Å². The van der Waals surface area contributed by atoms with Gasteiger partial charge in [-0.1, -0.05) is 15.9 Å². The summed E-state index contributed by atoms with van der Waals surface area (Å²) < 4.78 is 28.0. The van der Waals surface area contributed by atoms with E-state index in [-0.39, 0.29) is 5.91 Å². The van der Waals surface area contributed by atoms with E-state index in [2.05, 4.69) is 21.2 Å². The Morgan fingerprint density at radius 2 is 2.11 bits per heavy atom. The summed E-state index contributed by atoms with van der Waals surface area (Å²) in [6.45, 7) is 1.32. The van der Waals surface area contributed by atoms with Gasteiger partial charge in [0.15, 0.2) is 0 Å². The minimum Gasteiger partial charge on any atom is -0.495 e. The summed E-state index contributed by atoms with van der Waals surface area (Å²) in [5, 5.41) is 2.54. The fourth-order valence-electron chi connectivity index (χ4n) is 1.40. The van der Waals surface area contributed by atoms with Gasteiger partial charge in [0.1, 0.15) is 5.75 Å². The molecular formula is C10H11BrClNO4S. The van der Waals surface area contributed by atoms with Gasteiger partial charge in [0, 0.05) is 27.6 Å². The normalized spacial score (nSPS) is 11.1. The number of ether oxygens (including phenoxy) is 1. The van der Waals surface area contributed by atoms with Crippen LogP contribution in [0, 0.1) is 0 Å². The second-order valence-electron chi connectivity index (χ2n) is 3.47. The number of carbonyl (C=O) groups excluding carboxylic acids is 1. The third-order valence-corrected chi connectivity index (χ3v) is 3.76. The zero-order valence-corrected chi connectivity index (χ0v) is 12.8. The van der Waals surface area contributed by atoms with Gasteiger partial charge in [-0.2, -0.15) is 0 Å². The van der Waals surface area contributed by atoms with Crippen molar-refractivity contribution >= 4 is 47.3 Å². The highest BCUT2D eigenvalue weighted by atomic mass is 79.9. The Labute approximate surface area is 118 Å². The van der Waals surface area contributed by atoms with Crippen molar-refractivity contribution < 1.29 is 17.9 Å². The smallest absolute Gasteiger partial charge is 0.236 e. The third kappa shape index (κ3) is 4.15. The molecule has 0 saturated carbocycles. The molecule has 0 spiro atoms. The molecule has 18 heavy (non-hydrogen) atoms. The molecule has 0 saturated heterocycles. The molecule has 0 atom stereocenters. The van der Waals surface area contributed by atoms with E-state index in [0.29, 0.717) is 21.5 Å². The predicted octanol–water partition coefficient (Wildman–Crippen LogP) is 2.48. The molecule has 0 bridgehead atoms. The molecule has 0 aliphatic carbocycles. The fraction of sp³-hybridized carbons (Fsp3) is 0.300. The molecule has 0 fully saturated rings. The van der Waals surface area contributed by atoms with Gasteiger partial charge in [-0.05, 0) is 12.1 Å². The van der Waals surface area contributed by atoms with E-state index in [1.54, 1.807) is 12.1 Å². The van der Waals surface area contributed by atoms with Gasteiger partial charge in [0.2, 0.25) is 15.0 Å². The number of carbonyl (C=O) groups is 1. The van der Waals surface area contributed by atoms with E-state index in [4.69, 9.17) is 15.4 Å². The van der Waals surface area contributed by atoms with Gasteiger partial charge in [-0.15, -0.1) is 0 Å². The van der Waals surface area contributed by atoms with Crippen LogP contribution in [0.2, 0.25) is 0 Å². The molecule has 0 aliphatic heterocycles. The van der Waals surface area contributed by atoms with Crippen molar-refractivity contribution in [2.24, 2.45) is 0 Å². The average molecular weight is 357 g/mol. The average Bonchev–Trinajstić information content (AvgIpc) is 2.21. The molecule has 1 aromatic carbocycles. The van der Waals surface area contributed by atoms with Crippen LogP contribution < -0.4 is 10.1 Å². The number of amides is 1. The maximum Gasteiger partial charge on any atom is 0.236 e. The van der Waals surface area contributed by atoms with Crippen LogP contribution in [-0.4, -0.2) is 21.4 Å². The topological polar surface area (TPSA) is 72.5 Å². The van der Waals surface area contributed by atoms with Gasteiger partial charge in [-0.25, -0.2) is 8.42 Å². The largest absolute Gasteiger partial charge is 0.495 e. The minimum absolute atomic E-state index is 0.295. The summed E-state index contributed by atoms with van der Waals surface area (Å²) in [5.74, 6) is -0.384. The monoisotopic (exact) mass is 355 g/mol. The molecule has 0 radical (unpaired) electrons. The number of methoxy groups -OCH3 is 1. The number of halogens is 2. The van der Waals surface area contributed by atoms with Gasteiger partial charge in [-0.3, -0.25) is 4.79 Å². The molecule has 0 aromatic heterocycles. The Hall–Kier alpha value is -0.790. The predicted molar refractivity (Wildman–Crippen MR) is 73.5 cm³/mol. The lowest BCUT2D eigenvalue weighted by molar-refractivity contribution is -0.114.